The second kappa shape index (κ2) is 9.90. The number of nitrogens with zero attached hydrogens (tertiary/aromatic N) is 2. The topological polar surface area (TPSA) is 128 Å². The summed E-state index contributed by atoms with van der Waals surface area (Å²) in [6.07, 6.45) is 1.05. The van der Waals surface area contributed by atoms with Gasteiger partial charge in [0.25, 0.3) is 5.91 Å². The highest BCUT2D eigenvalue weighted by Crippen LogP contribution is 2.33. The fourth-order valence-electron chi connectivity index (χ4n) is 3.40. The molecule has 2 heterocycles. The van der Waals surface area contributed by atoms with Crippen molar-refractivity contribution in [2.45, 2.75) is 26.0 Å². The Balaban J connectivity index is 1.48. The molecule has 0 fully saturated rings. The highest BCUT2D eigenvalue weighted by atomic mass is 32.1. The van der Waals surface area contributed by atoms with Crippen LogP contribution in [0.3, 0.4) is 0 Å². The lowest BCUT2D eigenvalue weighted by molar-refractivity contribution is 0.0943. The van der Waals surface area contributed by atoms with Crippen molar-refractivity contribution in [2.24, 2.45) is 0 Å². The molecule has 5 N–H and O–H groups in total. The Bertz CT molecular complexity index is 1320. The quantitative estimate of drug-likeness (QED) is 0.240. The number of anilines is 2. The van der Waals surface area contributed by atoms with Crippen LogP contribution in [0.4, 0.5) is 11.6 Å². The van der Waals surface area contributed by atoms with Crippen molar-refractivity contribution in [1.82, 2.24) is 15.3 Å². The van der Waals surface area contributed by atoms with Gasteiger partial charge in [-0.15, -0.1) is 11.3 Å². The average Bonchev–Trinajstić information content (AvgIpc) is 3.32. The van der Waals surface area contributed by atoms with E-state index < -0.39 is 12.1 Å². The van der Waals surface area contributed by atoms with Crippen molar-refractivity contribution in [1.29, 1.82) is 0 Å². The van der Waals surface area contributed by atoms with Crippen LogP contribution in [0.2, 0.25) is 0 Å². The average molecular weight is 477 g/mol. The number of benzene rings is 2. The standard InChI is InChI=1S/C25H24N4O4S/c1-14(18-7-4-8-20(31)23(18)32)27-24(33)22-10-9-21(34-22)19-11-12-26-25(29-19)28-17-6-3-5-16(13-17)15(2)30/h3-15,30-32H,1-2H3,(H,27,33)(H,26,28,29). The van der Waals surface area contributed by atoms with Gasteiger partial charge in [0.15, 0.2) is 11.5 Å². The van der Waals surface area contributed by atoms with Gasteiger partial charge in [0.1, 0.15) is 0 Å². The van der Waals surface area contributed by atoms with Gasteiger partial charge in [-0.25, -0.2) is 9.97 Å². The number of carbonyl (C=O) groups excluding carboxylic acids is 1. The minimum absolute atomic E-state index is 0.234. The number of nitrogens with one attached hydrogen (secondary N) is 2. The highest BCUT2D eigenvalue weighted by Gasteiger charge is 2.18. The lowest BCUT2D eigenvalue weighted by atomic mass is 10.1. The summed E-state index contributed by atoms with van der Waals surface area (Å²) in [6.45, 7) is 3.43. The molecule has 4 rings (SSSR count). The molecule has 1 amide bonds. The molecule has 0 aliphatic carbocycles. The van der Waals surface area contributed by atoms with Crippen molar-refractivity contribution in [3.05, 3.63) is 82.9 Å². The third kappa shape index (κ3) is 5.16. The lowest BCUT2D eigenvalue weighted by Crippen LogP contribution is -2.25. The maximum absolute atomic E-state index is 12.8. The lowest BCUT2D eigenvalue weighted by Gasteiger charge is -2.15. The first-order chi connectivity index (χ1) is 16.3. The van der Waals surface area contributed by atoms with Gasteiger partial charge in [-0.3, -0.25) is 4.79 Å². The first kappa shape index (κ1) is 23.2. The first-order valence-corrected chi connectivity index (χ1v) is 11.4. The molecule has 8 nitrogen and oxygen atoms in total. The predicted molar refractivity (Wildman–Crippen MR) is 131 cm³/mol. The molecule has 2 aromatic heterocycles. The van der Waals surface area contributed by atoms with E-state index in [4.69, 9.17) is 0 Å². The number of phenolic OH excluding ortho intramolecular Hbond substituents is 2. The molecule has 0 spiro atoms. The van der Waals surface area contributed by atoms with Crippen molar-refractivity contribution >= 4 is 28.9 Å². The van der Waals surface area contributed by atoms with E-state index >= 15 is 0 Å². The van der Waals surface area contributed by atoms with Gasteiger partial charge in [-0.05, 0) is 55.8 Å². The number of aliphatic hydroxyl groups excluding tert-OH is 1. The molecule has 0 aliphatic heterocycles. The van der Waals surface area contributed by atoms with Crippen LogP contribution in [0, 0.1) is 0 Å². The van der Waals surface area contributed by atoms with Crippen molar-refractivity contribution in [2.75, 3.05) is 5.32 Å². The monoisotopic (exact) mass is 476 g/mol. The first-order valence-electron chi connectivity index (χ1n) is 10.6. The molecule has 2 atom stereocenters. The molecule has 0 radical (unpaired) electrons. The number of hydrogen-bond donors (Lipinski definition) is 5. The smallest absolute Gasteiger partial charge is 0.261 e. The predicted octanol–water partition coefficient (Wildman–Crippen LogP) is 4.90. The van der Waals surface area contributed by atoms with Gasteiger partial charge in [0.2, 0.25) is 5.95 Å². The Kier molecular flexibility index (Phi) is 6.76. The summed E-state index contributed by atoms with van der Waals surface area (Å²) in [5.74, 6) is -0.383. The van der Waals surface area contributed by atoms with Gasteiger partial charge in [-0.2, -0.15) is 0 Å². The number of para-hydroxylation sites is 1. The van der Waals surface area contributed by atoms with Crippen molar-refractivity contribution in [3.63, 3.8) is 0 Å². The number of thiophene rings is 1. The van der Waals surface area contributed by atoms with E-state index in [1.165, 1.54) is 17.4 Å². The Morgan fingerprint density at radius 2 is 1.82 bits per heavy atom. The van der Waals surface area contributed by atoms with E-state index in [1.54, 1.807) is 44.3 Å². The number of aliphatic hydroxyl groups is 1. The van der Waals surface area contributed by atoms with Gasteiger partial charge in [-0.1, -0.05) is 24.3 Å². The molecule has 4 aromatic rings. The van der Waals surface area contributed by atoms with E-state index in [-0.39, 0.29) is 17.4 Å². The Morgan fingerprint density at radius 1 is 1.03 bits per heavy atom. The summed E-state index contributed by atoms with van der Waals surface area (Å²) in [4.78, 5) is 22.8. The third-order valence-electron chi connectivity index (χ3n) is 5.22. The molecule has 34 heavy (non-hydrogen) atoms. The molecular formula is C25H24N4O4S. The molecule has 174 valence electrons. The van der Waals surface area contributed by atoms with Crippen LogP contribution in [-0.4, -0.2) is 31.2 Å². The molecular weight excluding hydrogens is 452 g/mol. The van der Waals surface area contributed by atoms with Crippen LogP contribution in [0.5, 0.6) is 11.5 Å². The van der Waals surface area contributed by atoms with E-state index in [9.17, 15) is 20.1 Å². The van der Waals surface area contributed by atoms with Gasteiger partial charge in [0, 0.05) is 17.4 Å². The van der Waals surface area contributed by atoms with E-state index in [2.05, 4.69) is 20.6 Å². The van der Waals surface area contributed by atoms with Gasteiger partial charge in [0.05, 0.1) is 27.6 Å². The highest BCUT2D eigenvalue weighted by molar-refractivity contribution is 7.17. The summed E-state index contributed by atoms with van der Waals surface area (Å²) >= 11 is 1.28. The summed E-state index contributed by atoms with van der Waals surface area (Å²) in [7, 11) is 0. The zero-order valence-corrected chi connectivity index (χ0v) is 19.4. The fourth-order valence-corrected chi connectivity index (χ4v) is 4.28. The molecule has 0 bridgehead atoms. The minimum Gasteiger partial charge on any atom is -0.504 e. The van der Waals surface area contributed by atoms with E-state index in [0.29, 0.717) is 22.1 Å². The Morgan fingerprint density at radius 3 is 2.62 bits per heavy atom. The normalized spacial score (nSPS) is 12.7. The molecule has 0 saturated heterocycles. The number of carbonyl (C=O) groups is 1. The maximum Gasteiger partial charge on any atom is 0.261 e. The van der Waals surface area contributed by atoms with Crippen molar-refractivity contribution < 1.29 is 20.1 Å². The molecule has 2 unspecified atom stereocenters. The number of phenols is 2. The van der Waals surface area contributed by atoms with E-state index in [1.807, 2.05) is 30.3 Å². The SMILES string of the molecule is CC(O)c1cccc(Nc2nccc(-c3ccc(C(=O)NC(C)c4cccc(O)c4O)s3)n2)c1. The Hall–Kier alpha value is -3.95. The number of aromatic nitrogens is 2. The van der Waals surface area contributed by atoms with Crippen LogP contribution in [0.25, 0.3) is 10.6 Å². The van der Waals surface area contributed by atoms with Crippen LogP contribution in [-0.2, 0) is 0 Å². The number of aromatic hydroxyl groups is 2. The summed E-state index contributed by atoms with van der Waals surface area (Å²) in [6, 6.07) is 16.8. The Labute approximate surface area is 200 Å². The zero-order valence-electron chi connectivity index (χ0n) is 18.6. The number of rotatable bonds is 7. The molecule has 0 saturated carbocycles. The molecule has 9 heteroatoms. The number of hydrogen-bond acceptors (Lipinski definition) is 8. The van der Waals surface area contributed by atoms with E-state index in [0.717, 1.165) is 16.1 Å². The van der Waals surface area contributed by atoms with Crippen LogP contribution < -0.4 is 10.6 Å². The van der Waals surface area contributed by atoms with Crippen LogP contribution in [0.15, 0.2) is 66.9 Å². The van der Waals surface area contributed by atoms with Crippen molar-refractivity contribution in [3.8, 4) is 22.1 Å². The largest absolute Gasteiger partial charge is 0.504 e. The van der Waals surface area contributed by atoms with Gasteiger partial charge < -0.3 is 26.0 Å². The fraction of sp³-hybridized carbons (Fsp3) is 0.160. The third-order valence-corrected chi connectivity index (χ3v) is 6.33. The van der Waals surface area contributed by atoms with Gasteiger partial charge >= 0.3 is 0 Å². The summed E-state index contributed by atoms with van der Waals surface area (Å²) in [5.41, 5.74) is 2.62. The molecule has 0 aliphatic rings. The summed E-state index contributed by atoms with van der Waals surface area (Å²) in [5, 5.41) is 35.5. The number of amides is 1. The zero-order chi connectivity index (χ0) is 24.2. The van der Waals surface area contributed by atoms with Crippen LogP contribution >= 0.6 is 11.3 Å². The second-order valence-electron chi connectivity index (χ2n) is 7.77. The second-order valence-corrected chi connectivity index (χ2v) is 8.85. The molecule has 2 aromatic carbocycles. The summed E-state index contributed by atoms with van der Waals surface area (Å²) < 4.78 is 0. The maximum atomic E-state index is 12.8. The van der Waals surface area contributed by atoms with Crippen LogP contribution in [0.1, 0.15) is 46.8 Å². The minimum atomic E-state index is -0.580.